The molecule has 1 heteroatoms. The summed E-state index contributed by atoms with van der Waals surface area (Å²) < 4.78 is 0. The van der Waals surface area contributed by atoms with Gasteiger partial charge in [0.15, 0.2) is 0 Å². The lowest BCUT2D eigenvalue weighted by Crippen LogP contribution is -2.18. The molecule has 1 aliphatic carbocycles. The third kappa shape index (κ3) is 1.22. The Kier molecular flexibility index (Phi) is 2.05. The number of hydrogen-bond acceptors (Lipinski definition) is 1. The molecule has 0 N–H and O–H groups in total. The van der Waals surface area contributed by atoms with Crippen LogP contribution in [0.25, 0.3) is 11.1 Å². The van der Waals surface area contributed by atoms with Crippen molar-refractivity contribution in [3.05, 3.63) is 53.1 Å². The lowest BCUT2D eigenvalue weighted by atomic mass is 9.99. The van der Waals surface area contributed by atoms with E-state index in [0.717, 1.165) is 13.0 Å². The van der Waals surface area contributed by atoms with E-state index in [1.165, 1.54) is 35.3 Å². The van der Waals surface area contributed by atoms with Crippen molar-refractivity contribution in [2.24, 2.45) is 0 Å². The average Bonchev–Trinajstić information content (AvgIpc) is 2.99. The molecule has 1 nitrogen and oxygen atoms in total. The van der Waals surface area contributed by atoms with Gasteiger partial charge in [0.05, 0.1) is 0 Å². The molecule has 1 aliphatic heterocycles. The van der Waals surface area contributed by atoms with Gasteiger partial charge in [0.2, 0.25) is 0 Å². The average molecular weight is 235 g/mol. The summed E-state index contributed by atoms with van der Waals surface area (Å²) in [5, 5.41) is 0. The van der Waals surface area contributed by atoms with Crippen molar-refractivity contribution in [3.8, 4) is 11.1 Å². The van der Waals surface area contributed by atoms with Gasteiger partial charge in [-0.25, -0.2) is 0 Å². The van der Waals surface area contributed by atoms with Crippen LogP contribution in [0.5, 0.6) is 0 Å². The Morgan fingerprint density at radius 2 is 1.89 bits per heavy atom. The van der Waals surface area contributed by atoms with Gasteiger partial charge in [0.25, 0.3) is 0 Å². The minimum absolute atomic E-state index is 1.12. The van der Waals surface area contributed by atoms with Crippen LogP contribution in [-0.4, -0.2) is 13.1 Å². The van der Waals surface area contributed by atoms with E-state index in [4.69, 9.17) is 0 Å². The maximum atomic E-state index is 2.50. The van der Waals surface area contributed by atoms with Crippen LogP contribution in [-0.2, 0) is 12.8 Å². The molecule has 2 aromatic carbocycles. The number of fused-ring (bicyclic) bond motifs is 5. The second kappa shape index (κ2) is 3.61. The zero-order chi connectivity index (χ0) is 12.1. The predicted molar refractivity (Wildman–Crippen MR) is 76.3 cm³/mol. The monoisotopic (exact) mass is 235 g/mol. The van der Waals surface area contributed by atoms with Crippen molar-refractivity contribution in [3.63, 3.8) is 0 Å². The Hall–Kier alpha value is -1.76. The highest BCUT2D eigenvalue weighted by atomic mass is 15.1. The quantitative estimate of drug-likeness (QED) is 0.622. The topological polar surface area (TPSA) is 3.24 Å². The number of rotatable bonds is 1. The molecule has 90 valence electrons. The lowest BCUT2D eigenvalue weighted by molar-refractivity contribution is 0.867. The van der Waals surface area contributed by atoms with Gasteiger partial charge in [-0.05, 0) is 53.6 Å². The Labute approximate surface area is 108 Å². The van der Waals surface area contributed by atoms with Crippen molar-refractivity contribution in [2.75, 3.05) is 18.0 Å². The van der Waals surface area contributed by atoms with Crippen molar-refractivity contribution in [1.82, 2.24) is 0 Å². The van der Waals surface area contributed by atoms with E-state index in [1.807, 2.05) is 0 Å². The summed E-state index contributed by atoms with van der Waals surface area (Å²) >= 11 is 0. The Morgan fingerprint density at radius 3 is 2.78 bits per heavy atom. The first-order valence-electron chi connectivity index (χ1n) is 6.86. The van der Waals surface area contributed by atoms with Gasteiger partial charge in [-0.15, -0.1) is 0 Å². The molecule has 18 heavy (non-hydrogen) atoms. The van der Waals surface area contributed by atoms with Crippen LogP contribution in [0.4, 0.5) is 5.69 Å². The molecule has 0 bridgehead atoms. The Bertz CT molecular complexity index is 628. The number of anilines is 1. The third-order valence-electron chi connectivity index (χ3n) is 4.44. The van der Waals surface area contributed by atoms with Crippen molar-refractivity contribution in [2.45, 2.75) is 19.8 Å². The second-order valence-electron chi connectivity index (χ2n) is 5.25. The fourth-order valence-electron chi connectivity index (χ4n) is 3.53. The maximum absolute atomic E-state index is 2.50. The van der Waals surface area contributed by atoms with Gasteiger partial charge < -0.3 is 4.90 Å². The first-order chi connectivity index (χ1) is 8.88. The third-order valence-corrected chi connectivity index (χ3v) is 4.44. The summed E-state index contributed by atoms with van der Waals surface area (Å²) in [6.45, 7) is 4.56. The van der Waals surface area contributed by atoms with Crippen LogP contribution in [0.15, 0.2) is 36.4 Å². The smallest absolute Gasteiger partial charge is 0.0402 e. The summed E-state index contributed by atoms with van der Waals surface area (Å²) in [4.78, 5) is 2.50. The number of nitrogens with zero attached hydrogens (tertiary/aromatic N) is 1. The standard InChI is InChI=1S/C17H17N/c1-2-18-10-9-15-16-11-12-5-3-4-6-13(12)14(16)7-8-17(15)18/h3-8H,2,9-11H2,1H3. The largest absolute Gasteiger partial charge is 0.371 e. The van der Waals surface area contributed by atoms with Gasteiger partial charge in [0.1, 0.15) is 0 Å². The molecule has 4 rings (SSSR count). The molecule has 2 aromatic rings. The van der Waals surface area contributed by atoms with E-state index in [2.05, 4.69) is 48.2 Å². The number of benzene rings is 2. The molecule has 1 heterocycles. The van der Waals surface area contributed by atoms with E-state index >= 15 is 0 Å². The molecule has 0 saturated heterocycles. The fourth-order valence-corrected chi connectivity index (χ4v) is 3.53. The van der Waals surface area contributed by atoms with E-state index in [9.17, 15) is 0 Å². The van der Waals surface area contributed by atoms with Crippen LogP contribution >= 0.6 is 0 Å². The minimum Gasteiger partial charge on any atom is -0.371 e. The fraction of sp³-hybridized carbons (Fsp3) is 0.294. The van der Waals surface area contributed by atoms with Gasteiger partial charge in [-0.2, -0.15) is 0 Å². The molecule has 2 aliphatic rings. The van der Waals surface area contributed by atoms with E-state index < -0.39 is 0 Å². The van der Waals surface area contributed by atoms with E-state index in [-0.39, 0.29) is 0 Å². The summed E-state index contributed by atoms with van der Waals surface area (Å²) in [6, 6.07) is 13.5. The van der Waals surface area contributed by atoms with Crippen LogP contribution in [0.2, 0.25) is 0 Å². The molecule has 0 amide bonds. The normalized spacial score (nSPS) is 15.5. The molecule has 0 fully saturated rings. The highest BCUT2D eigenvalue weighted by Crippen LogP contribution is 2.43. The SMILES string of the molecule is CCN1CCc2c1ccc1c2Cc2ccccc2-1. The summed E-state index contributed by atoms with van der Waals surface area (Å²) in [6.07, 6.45) is 2.35. The molecule has 0 aromatic heterocycles. The van der Waals surface area contributed by atoms with Crippen LogP contribution in [0, 0.1) is 0 Å². The van der Waals surface area contributed by atoms with Crippen LogP contribution in [0.3, 0.4) is 0 Å². The highest BCUT2D eigenvalue weighted by Gasteiger charge is 2.27. The predicted octanol–water partition coefficient (Wildman–Crippen LogP) is 3.64. The minimum atomic E-state index is 1.12. The van der Waals surface area contributed by atoms with Crippen molar-refractivity contribution < 1.29 is 0 Å². The molecule has 0 saturated carbocycles. The van der Waals surface area contributed by atoms with Gasteiger partial charge >= 0.3 is 0 Å². The molecular formula is C17H17N. The lowest BCUT2D eigenvalue weighted by Gasteiger charge is -2.17. The summed E-state index contributed by atoms with van der Waals surface area (Å²) in [7, 11) is 0. The van der Waals surface area contributed by atoms with Gasteiger partial charge in [-0.3, -0.25) is 0 Å². The zero-order valence-corrected chi connectivity index (χ0v) is 10.7. The summed E-state index contributed by atoms with van der Waals surface area (Å²) in [5.41, 5.74) is 9.09. The highest BCUT2D eigenvalue weighted by molar-refractivity contribution is 5.82. The van der Waals surface area contributed by atoms with E-state index in [1.54, 1.807) is 11.1 Å². The first kappa shape index (κ1) is 10.2. The Morgan fingerprint density at radius 1 is 1.00 bits per heavy atom. The molecule has 0 atom stereocenters. The number of hydrogen-bond donors (Lipinski definition) is 0. The summed E-state index contributed by atoms with van der Waals surface area (Å²) in [5.74, 6) is 0. The number of likely N-dealkylation sites (N-methyl/N-ethyl adjacent to an activating group) is 1. The van der Waals surface area contributed by atoms with E-state index in [0.29, 0.717) is 0 Å². The van der Waals surface area contributed by atoms with Crippen LogP contribution < -0.4 is 4.90 Å². The van der Waals surface area contributed by atoms with Gasteiger partial charge in [0, 0.05) is 18.8 Å². The molecular weight excluding hydrogens is 218 g/mol. The molecule has 0 unspecified atom stereocenters. The maximum Gasteiger partial charge on any atom is 0.0402 e. The second-order valence-corrected chi connectivity index (χ2v) is 5.25. The molecule has 0 spiro atoms. The van der Waals surface area contributed by atoms with Crippen molar-refractivity contribution >= 4 is 5.69 Å². The first-order valence-corrected chi connectivity index (χ1v) is 6.86. The van der Waals surface area contributed by atoms with Crippen LogP contribution in [0.1, 0.15) is 23.6 Å². The van der Waals surface area contributed by atoms with Crippen molar-refractivity contribution in [1.29, 1.82) is 0 Å². The molecule has 0 radical (unpaired) electrons. The zero-order valence-electron chi connectivity index (χ0n) is 10.7. The Balaban J connectivity index is 1.92. The van der Waals surface area contributed by atoms with Gasteiger partial charge in [-0.1, -0.05) is 30.3 Å².